The molecule has 0 saturated carbocycles. The van der Waals surface area contributed by atoms with Crippen molar-refractivity contribution >= 4 is 0 Å². The molecule has 0 saturated heterocycles. The van der Waals surface area contributed by atoms with Crippen molar-refractivity contribution in [1.29, 1.82) is 10.5 Å². The molecule has 0 fully saturated rings. The minimum atomic E-state index is 0.387. The molecule has 2 rings (SSSR count). The maximum absolute atomic E-state index is 8.94. The van der Waals surface area contributed by atoms with E-state index in [0.29, 0.717) is 22.6 Å². The maximum atomic E-state index is 8.94. The van der Waals surface area contributed by atoms with Gasteiger partial charge in [-0.15, -0.1) is 0 Å². The maximum Gasteiger partial charge on any atom is 0.146 e. The first-order valence-corrected chi connectivity index (χ1v) is 4.91. The zero-order valence-electron chi connectivity index (χ0n) is 8.84. The first kappa shape index (κ1) is 10.7. The van der Waals surface area contributed by atoms with Crippen LogP contribution in [0, 0.1) is 28.7 Å². The summed E-state index contributed by atoms with van der Waals surface area (Å²) in [5.41, 5.74) is 0.860. The van der Waals surface area contributed by atoms with Crippen molar-refractivity contribution in [2.45, 2.75) is 0 Å². The molecule has 2 aromatic carbocycles. The van der Waals surface area contributed by atoms with Crippen molar-refractivity contribution < 1.29 is 4.74 Å². The van der Waals surface area contributed by atoms with Crippen molar-refractivity contribution in [3.05, 3.63) is 59.7 Å². The second-order valence-electron chi connectivity index (χ2n) is 3.27. The van der Waals surface area contributed by atoms with Gasteiger partial charge in [-0.3, -0.25) is 0 Å². The fourth-order valence-corrected chi connectivity index (χ4v) is 1.34. The van der Waals surface area contributed by atoms with Gasteiger partial charge in [0.2, 0.25) is 0 Å². The largest absolute Gasteiger partial charge is 0.456 e. The van der Waals surface area contributed by atoms with Crippen LogP contribution in [0.15, 0.2) is 42.5 Å². The molecule has 0 unspecified atom stereocenters. The number of hydrogen-bond donors (Lipinski definition) is 0. The fraction of sp³-hybridized carbons (Fsp3) is 0. The lowest BCUT2D eigenvalue weighted by Gasteiger charge is -2.06. The molecular formula is C14H7N2O. The second kappa shape index (κ2) is 4.83. The summed E-state index contributed by atoms with van der Waals surface area (Å²) in [7, 11) is 0. The van der Waals surface area contributed by atoms with Crippen molar-refractivity contribution in [2.24, 2.45) is 0 Å². The average Bonchev–Trinajstić information content (AvgIpc) is 2.40. The summed E-state index contributed by atoms with van der Waals surface area (Å²) in [5.74, 6) is 0.994. The van der Waals surface area contributed by atoms with E-state index in [4.69, 9.17) is 15.3 Å². The molecule has 17 heavy (non-hydrogen) atoms. The predicted octanol–water partition coefficient (Wildman–Crippen LogP) is 3.02. The standard InChI is InChI=1S/C14H7N2O/c15-9-11-6-7-12(10-16)14(8-11)17-13-4-2-1-3-5-13/h2-8H. The van der Waals surface area contributed by atoms with Crippen molar-refractivity contribution in [3.63, 3.8) is 0 Å². The molecule has 0 N–H and O–H groups in total. The van der Waals surface area contributed by atoms with Gasteiger partial charge < -0.3 is 4.74 Å². The molecule has 0 atom stereocenters. The van der Waals surface area contributed by atoms with Gasteiger partial charge in [0.05, 0.1) is 17.2 Å². The van der Waals surface area contributed by atoms with E-state index in [9.17, 15) is 0 Å². The Kier molecular flexibility index (Phi) is 3.05. The van der Waals surface area contributed by atoms with Gasteiger partial charge in [-0.25, -0.2) is 0 Å². The van der Waals surface area contributed by atoms with Crippen LogP contribution in [0.2, 0.25) is 0 Å². The van der Waals surface area contributed by atoms with Crippen LogP contribution in [-0.2, 0) is 0 Å². The molecule has 0 aliphatic heterocycles. The number of nitrogens with zero attached hydrogens (tertiary/aromatic N) is 2. The van der Waals surface area contributed by atoms with Crippen LogP contribution in [0.3, 0.4) is 0 Å². The van der Waals surface area contributed by atoms with Gasteiger partial charge in [-0.1, -0.05) is 12.1 Å². The second-order valence-corrected chi connectivity index (χ2v) is 3.27. The Morgan fingerprint density at radius 2 is 1.76 bits per heavy atom. The Balaban J connectivity index is 2.39. The van der Waals surface area contributed by atoms with E-state index in [1.807, 2.05) is 12.1 Å². The van der Waals surface area contributed by atoms with Crippen LogP contribution < -0.4 is 4.74 Å². The van der Waals surface area contributed by atoms with Gasteiger partial charge in [-0.05, 0) is 36.4 Å². The highest BCUT2D eigenvalue weighted by atomic mass is 16.5. The van der Waals surface area contributed by atoms with Gasteiger partial charge in [0, 0.05) is 0 Å². The molecule has 0 amide bonds. The summed E-state index contributed by atoms with van der Waals surface area (Å²) < 4.78 is 5.55. The summed E-state index contributed by atoms with van der Waals surface area (Å²) in [4.78, 5) is 0. The predicted molar refractivity (Wildman–Crippen MR) is 61.2 cm³/mol. The van der Waals surface area contributed by atoms with Gasteiger partial charge >= 0.3 is 0 Å². The van der Waals surface area contributed by atoms with Gasteiger partial charge in [0.25, 0.3) is 0 Å². The average molecular weight is 219 g/mol. The van der Waals surface area contributed by atoms with Crippen molar-refractivity contribution in [3.8, 4) is 23.6 Å². The lowest BCUT2D eigenvalue weighted by atomic mass is 10.1. The third-order valence-electron chi connectivity index (χ3n) is 2.15. The van der Waals surface area contributed by atoms with E-state index >= 15 is 0 Å². The first-order chi connectivity index (χ1) is 8.33. The lowest BCUT2D eigenvalue weighted by Crippen LogP contribution is -1.89. The summed E-state index contributed by atoms with van der Waals surface area (Å²) >= 11 is 0. The Bertz CT molecular complexity index is 606. The number of rotatable bonds is 2. The zero-order valence-corrected chi connectivity index (χ0v) is 8.84. The SMILES string of the molecule is N#Cc1ccc(C#N)c(Oc2cc[c]cc2)c1. The number of benzene rings is 2. The quantitative estimate of drug-likeness (QED) is 0.780. The van der Waals surface area contributed by atoms with E-state index in [-0.39, 0.29) is 0 Å². The van der Waals surface area contributed by atoms with Crippen LogP contribution >= 0.6 is 0 Å². The number of nitriles is 2. The lowest BCUT2D eigenvalue weighted by molar-refractivity contribution is 0.481. The first-order valence-electron chi connectivity index (χ1n) is 4.91. The summed E-state index contributed by atoms with van der Waals surface area (Å²) in [6.45, 7) is 0. The smallest absolute Gasteiger partial charge is 0.146 e. The van der Waals surface area contributed by atoms with Crippen molar-refractivity contribution in [2.75, 3.05) is 0 Å². The van der Waals surface area contributed by atoms with Crippen LogP contribution in [0.1, 0.15) is 11.1 Å². The summed E-state index contributed by atoms with van der Waals surface area (Å²) in [5, 5.41) is 17.7. The van der Waals surface area contributed by atoms with Crippen molar-refractivity contribution in [1.82, 2.24) is 0 Å². The molecule has 0 heterocycles. The molecular weight excluding hydrogens is 212 g/mol. The third-order valence-corrected chi connectivity index (χ3v) is 2.15. The van der Waals surface area contributed by atoms with Gasteiger partial charge in [-0.2, -0.15) is 10.5 Å². The molecule has 0 aromatic heterocycles. The van der Waals surface area contributed by atoms with E-state index in [0.717, 1.165) is 0 Å². The highest BCUT2D eigenvalue weighted by molar-refractivity contribution is 5.49. The van der Waals surface area contributed by atoms with E-state index in [2.05, 4.69) is 6.07 Å². The minimum Gasteiger partial charge on any atom is -0.456 e. The molecule has 79 valence electrons. The van der Waals surface area contributed by atoms with Gasteiger partial charge in [0.1, 0.15) is 17.6 Å². The van der Waals surface area contributed by atoms with E-state index in [1.54, 1.807) is 42.5 Å². The highest BCUT2D eigenvalue weighted by Gasteiger charge is 2.05. The molecule has 3 heteroatoms. The number of hydrogen-bond acceptors (Lipinski definition) is 3. The van der Waals surface area contributed by atoms with Crippen LogP contribution in [0.4, 0.5) is 0 Å². The highest BCUT2D eigenvalue weighted by Crippen LogP contribution is 2.25. The normalized spacial score (nSPS) is 9.06. The molecule has 0 aliphatic rings. The van der Waals surface area contributed by atoms with Crippen LogP contribution in [0.5, 0.6) is 11.5 Å². The Morgan fingerprint density at radius 1 is 1.00 bits per heavy atom. The monoisotopic (exact) mass is 219 g/mol. The van der Waals surface area contributed by atoms with Crippen LogP contribution in [0.25, 0.3) is 0 Å². The molecule has 0 bridgehead atoms. The topological polar surface area (TPSA) is 56.8 Å². The summed E-state index contributed by atoms with van der Waals surface area (Å²) in [6.07, 6.45) is 0. The summed E-state index contributed by atoms with van der Waals surface area (Å²) in [6, 6.07) is 18.5. The number of ether oxygens (including phenoxy) is 1. The Labute approximate surface area is 99.1 Å². The molecule has 1 radical (unpaired) electrons. The Morgan fingerprint density at radius 3 is 2.41 bits per heavy atom. The third kappa shape index (κ3) is 2.42. The molecule has 0 aliphatic carbocycles. The fourth-order valence-electron chi connectivity index (χ4n) is 1.34. The van der Waals surface area contributed by atoms with E-state index < -0.39 is 0 Å². The minimum absolute atomic E-state index is 0.387. The molecule has 0 spiro atoms. The molecule has 3 nitrogen and oxygen atoms in total. The van der Waals surface area contributed by atoms with Crippen LogP contribution in [-0.4, -0.2) is 0 Å². The Hall–Kier alpha value is -2.78. The van der Waals surface area contributed by atoms with Gasteiger partial charge in [0.15, 0.2) is 0 Å². The zero-order chi connectivity index (χ0) is 12.1. The molecule has 2 aromatic rings. The van der Waals surface area contributed by atoms with E-state index in [1.165, 1.54) is 0 Å².